The molecule has 3 rings (SSSR count). The van der Waals surface area contributed by atoms with Gasteiger partial charge in [0.15, 0.2) is 0 Å². The minimum Gasteiger partial charge on any atom is -0.461 e. The van der Waals surface area contributed by atoms with Gasteiger partial charge in [0.05, 0.1) is 21.1 Å². The van der Waals surface area contributed by atoms with Gasteiger partial charge >= 0.3 is 0 Å². The lowest BCUT2D eigenvalue weighted by molar-refractivity contribution is -0.168. The number of fused-ring (bicyclic) bond motifs is 2. The van der Waals surface area contributed by atoms with Crippen LogP contribution in [0.2, 0.25) is 0 Å². The summed E-state index contributed by atoms with van der Waals surface area (Å²) in [6.07, 6.45) is 5.30. The molecule has 0 aliphatic carbocycles. The van der Waals surface area contributed by atoms with E-state index in [1.165, 1.54) is 16.7 Å². The summed E-state index contributed by atoms with van der Waals surface area (Å²) in [7, 11) is 0. The summed E-state index contributed by atoms with van der Waals surface area (Å²) >= 11 is 4.85. The first-order chi connectivity index (χ1) is 12.7. The molecule has 1 aromatic carbocycles. The molecule has 0 fully saturated rings. The number of benzene rings is 1. The summed E-state index contributed by atoms with van der Waals surface area (Å²) in [6.45, 7) is 14.5. The van der Waals surface area contributed by atoms with Gasteiger partial charge in [-0.15, -0.1) is 13.2 Å². The molecule has 0 bridgehead atoms. The third kappa shape index (κ3) is 4.04. The minimum absolute atomic E-state index is 0.209. The van der Waals surface area contributed by atoms with Crippen molar-refractivity contribution in [1.82, 2.24) is 0 Å². The fourth-order valence-electron chi connectivity index (χ4n) is 3.52. The topological polar surface area (TPSA) is 36.9 Å². The number of rotatable bonds is 6. The molecule has 148 valence electrons. The van der Waals surface area contributed by atoms with Crippen LogP contribution < -0.4 is 9.47 Å². The van der Waals surface area contributed by atoms with Crippen LogP contribution in [0.3, 0.4) is 0 Å². The van der Waals surface area contributed by atoms with Crippen molar-refractivity contribution >= 4 is 45.2 Å². The van der Waals surface area contributed by atoms with E-state index in [9.17, 15) is 0 Å². The van der Waals surface area contributed by atoms with E-state index in [-0.39, 0.29) is 7.85 Å². The van der Waals surface area contributed by atoms with Crippen molar-refractivity contribution in [2.45, 2.75) is 53.0 Å². The Balaban J connectivity index is 1.97. The second-order valence-electron chi connectivity index (χ2n) is 7.23. The van der Waals surface area contributed by atoms with Crippen LogP contribution in [0.5, 0.6) is 11.5 Å². The number of ether oxygens (including phenoxy) is 4. The van der Waals surface area contributed by atoms with Gasteiger partial charge in [0.25, 0.3) is 0 Å². The normalized spacial score (nSPS) is 31.9. The second-order valence-corrected chi connectivity index (χ2v) is 10.2. The van der Waals surface area contributed by atoms with Crippen molar-refractivity contribution in [3.8, 4) is 11.5 Å². The Morgan fingerprint density at radius 3 is 1.78 bits per heavy atom. The molecule has 0 aromatic heterocycles. The lowest BCUT2D eigenvalue weighted by Crippen LogP contribution is -2.50. The highest BCUT2D eigenvalue weighted by molar-refractivity contribution is 14.1. The van der Waals surface area contributed by atoms with Gasteiger partial charge in [-0.05, 0) is 36.5 Å². The van der Waals surface area contributed by atoms with Crippen molar-refractivity contribution in [1.29, 1.82) is 0 Å². The van der Waals surface area contributed by atoms with Crippen LogP contribution in [0.1, 0.15) is 30.5 Å². The SMILES string of the molecule is C=CCOC1(C)Oc2cc3c(c(C)c2CC1I)CC(I)C(C)(OCC=C)O3. The van der Waals surface area contributed by atoms with Crippen molar-refractivity contribution in [3.63, 3.8) is 0 Å². The third-order valence-corrected chi connectivity index (χ3v) is 8.41. The van der Waals surface area contributed by atoms with E-state index in [4.69, 9.17) is 18.9 Å². The highest BCUT2D eigenvalue weighted by atomic mass is 127. The zero-order chi connectivity index (χ0) is 19.8. The summed E-state index contributed by atoms with van der Waals surface area (Å²) < 4.78 is 25.0. The maximum absolute atomic E-state index is 6.34. The molecule has 27 heavy (non-hydrogen) atoms. The first-order valence-electron chi connectivity index (χ1n) is 9.05. The molecule has 0 spiro atoms. The summed E-state index contributed by atoms with van der Waals surface area (Å²) in [6, 6.07) is 2.01. The van der Waals surface area contributed by atoms with Gasteiger partial charge < -0.3 is 18.9 Å². The zero-order valence-corrected chi connectivity index (χ0v) is 20.3. The summed E-state index contributed by atoms with van der Waals surface area (Å²) in [5.74, 6) is 0.296. The molecule has 0 radical (unpaired) electrons. The van der Waals surface area contributed by atoms with Crippen molar-refractivity contribution in [3.05, 3.63) is 48.1 Å². The molecular weight excluding hydrogens is 570 g/mol. The highest BCUT2D eigenvalue weighted by Crippen LogP contribution is 2.47. The van der Waals surface area contributed by atoms with Gasteiger partial charge in [-0.25, -0.2) is 0 Å². The van der Waals surface area contributed by atoms with Crippen LogP contribution in [0.25, 0.3) is 0 Å². The molecule has 0 amide bonds. The fourth-order valence-corrected chi connectivity index (χ4v) is 5.01. The molecule has 0 saturated carbocycles. The molecule has 4 unspecified atom stereocenters. The average Bonchev–Trinajstić information content (AvgIpc) is 2.62. The molecular formula is C21H26I2O4. The minimum atomic E-state index is -0.689. The predicted molar refractivity (Wildman–Crippen MR) is 125 cm³/mol. The smallest absolute Gasteiger partial charge is 0.220 e. The number of alkyl halides is 2. The van der Waals surface area contributed by atoms with Crippen molar-refractivity contribution < 1.29 is 18.9 Å². The van der Waals surface area contributed by atoms with Gasteiger partial charge in [-0.1, -0.05) is 57.3 Å². The van der Waals surface area contributed by atoms with Gasteiger partial charge in [0.2, 0.25) is 11.6 Å². The van der Waals surface area contributed by atoms with Gasteiger partial charge in [-0.3, -0.25) is 0 Å². The molecule has 0 saturated heterocycles. The third-order valence-electron chi connectivity index (χ3n) is 5.27. The maximum Gasteiger partial charge on any atom is 0.220 e. The quantitative estimate of drug-likeness (QED) is 0.254. The molecule has 2 aliphatic rings. The van der Waals surface area contributed by atoms with Crippen LogP contribution in [-0.2, 0) is 22.3 Å². The van der Waals surface area contributed by atoms with Crippen LogP contribution >= 0.6 is 45.2 Å². The number of hydrogen-bond acceptors (Lipinski definition) is 4. The molecule has 4 nitrogen and oxygen atoms in total. The molecule has 2 aliphatic heterocycles. The van der Waals surface area contributed by atoms with Crippen LogP contribution in [-0.4, -0.2) is 32.6 Å². The van der Waals surface area contributed by atoms with Gasteiger partial charge in [0.1, 0.15) is 11.5 Å². The van der Waals surface area contributed by atoms with Gasteiger partial charge in [0, 0.05) is 19.9 Å². The van der Waals surface area contributed by atoms with E-state index in [2.05, 4.69) is 65.3 Å². The molecule has 6 heteroatoms. The largest absolute Gasteiger partial charge is 0.461 e. The van der Waals surface area contributed by atoms with Crippen molar-refractivity contribution in [2.24, 2.45) is 0 Å². The maximum atomic E-state index is 6.34. The Labute approximate surface area is 188 Å². The summed E-state index contributed by atoms with van der Waals surface area (Å²) in [5, 5.41) is 0. The lowest BCUT2D eigenvalue weighted by Gasteiger charge is -2.43. The second kappa shape index (κ2) is 8.20. The van der Waals surface area contributed by atoms with E-state index in [1.54, 1.807) is 12.2 Å². The molecule has 1 aromatic rings. The summed E-state index contributed by atoms with van der Waals surface area (Å²) in [5.41, 5.74) is 3.74. The highest BCUT2D eigenvalue weighted by Gasteiger charge is 2.45. The standard InChI is InChI=1S/C21H26I2O4/c1-6-8-24-20(4)18(22)10-14-13(3)15-11-19(23)21(5,25-9-7-2)27-17(15)12-16(14)26-20/h6-7,12,18-19H,1-2,8-11H2,3-5H3. The number of hydrogen-bond donors (Lipinski definition) is 0. The zero-order valence-electron chi connectivity index (χ0n) is 16.0. The summed E-state index contributed by atoms with van der Waals surface area (Å²) in [4.78, 5) is 0. The Hall–Kier alpha value is -0.320. The molecule has 0 N–H and O–H groups in total. The van der Waals surface area contributed by atoms with Crippen LogP contribution in [0.4, 0.5) is 0 Å². The van der Waals surface area contributed by atoms with Crippen molar-refractivity contribution in [2.75, 3.05) is 13.2 Å². The first-order valence-corrected chi connectivity index (χ1v) is 11.5. The monoisotopic (exact) mass is 596 g/mol. The van der Waals surface area contributed by atoms with E-state index in [0.717, 1.165) is 24.3 Å². The predicted octanol–water partition coefficient (Wildman–Crippen LogP) is 5.31. The Kier molecular flexibility index (Phi) is 6.49. The van der Waals surface area contributed by atoms with E-state index >= 15 is 0 Å². The lowest BCUT2D eigenvalue weighted by atomic mass is 9.89. The fraction of sp³-hybridized carbons (Fsp3) is 0.524. The molecule has 2 heterocycles. The Morgan fingerprint density at radius 2 is 1.41 bits per heavy atom. The Bertz CT molecular complexity index is 692. The van der Waals surface area contributed by atoms with Crippen LogP contribution in [0.15, 0.2) is 31.4 Å². The average molecular weight is 596 g/mol. The number of halogens is 2. The Morgan fingerprint density at radius 1 is 1.00 bits per heavy atom. The molecule has 4 atom stereocenters. The first kappa shape index (κ1) is 21.4. The van der Waals surface area contributed by atoms with Gasteiger partial charge in [-0.2, -0.15) is 0 Å². The van der Waals surface area contributed by atoms with E-state index < -0.39 is 11.6 Å². The van der Waals surface area contributed by atoms with E-state index in [1.807, 2.05) is 19.9 Å². The van der Waals surface area contributed by atoms with Crippen LogP contribution in [0, 0.1) is 6.92 Å². The van der Waals surface area contributed by atoms with E-state index in [0.29, 0.717) is 13.2 Å².